The lowest BCUT2D eigenvalue weighted by atomic mass is 9.81. The van der Waals surface area contributed by atoms with E-state index in [4.69, 9.17) is 4.74 Å². The van der Waals surface area contributed by atoms with Crippen LogP contribution in [0.1, 0.15) is 35.4 Å². The van der Waals surface area contributed by atoms with Crippen molar-refractivity contribution < 1.29 is 14.3 Å². The highest BCUT2D eigenvalue weighted by Gasteiger charge is 2.63. The standard InChI is InChI=1S/C23H22O3/c1-12-10-15(14-6-4-3-5-7-14)11-13(2)18(12)21-22(24)19-16-8-9-17(26-16)20(19)23(21)25/h3-7,10-11,16-17,19-21H,8-9H2,1-2H3/t16?,17?,19-,20+,21?. The van der Waals surface area contributed by atoms with Crippen LogP contribution in [-0.4, -0.2) is 23.8 Å². The van der Waals surface area contributed by atoms with Gasteiger partial charge in [-0.2, -0.15) is 0 Å². The van der Waals surface area contributed by atoms with E-state index in [9.17, 15) is 9.59 Å². The molecule has 3 fully saturated rings. The molecule has 1 aliphatic carbocycles. The molecule has 0 radical (unpaired) electrons. The van der Waals surface area contributed by atoms with Gasteiger partial charge in [0.1, 0.15) is 5.92 Å². The molecule has 26 heavy (non-hydrogen) atoms. The van der Waals surface area contributed by atoms with E-state index >= 15 is 0 Å². The van der Waals surface area contributed by atoms with Gasteiger partial charge in [0.05, 0.1) is 24.0 Å². The first-order chi connectivity index (χ1) is 12.6. The van der Waals surface area contributed by atoms with Crippen LogP contribution in [0, 0.1) is 25.7 Å². The molecule has 2 aromatic rings. The molecule has 2 bridgehead atoms. The average molecular weight is 346 g/mol. The van der Waals surface area contributed by atoms with Crippen molar-refractivity contribution in [2.24, 2.45) is 11.8 Å². The van der Waals surface area contributed by atoms with Gasteiger partial charge in [0.2, 0.25) is 0 Å². The normalized spacial score (nSPS) is 32.3. The zero-order valence-corrected chi connectivity index (χ0v) is 15.1. The number of ether oxygens (including phenoxy) is 1. The first-order valence-corrected chi connectivity index (χ1v) is 9.45. The Labute approximate surface area is 153 Å². The van der Waals surface area contributed by atoms with Gasteiger partial charge in [-0.3, -0.25) is 9.59 Å². The van der Waals surface area contributed by atoms with Gasteiger partial charge in [-0.15, -0.1) is 0 Å². The molecule has 5 atom stereocenters. The van der Waals surface area contributed by atoms with Crippen LogP contribution in [0.15, 0.2) is 42.5 Å². The largest absolute Gasteiger partial charge is 0.373 e. The number of Topliss-reactive ketones (excluding diaryl/α,β-unsaturated/α-hetero) is 2. The van der Waals surface area contributed by atoms with Crippen LogP contribution in [0.4, 0.5) is 0 Å². The number of rotatable bonds is 2. The lowest BCUT2D eigenvalue weighted by Gasteiger charge is -2.18. The molecule has 2 saturated heterocycles. The third kappa shape index (κ3) is 2.10. The third-order valence-corrected chi connectivity index (χ3v) is 6.49. The molecule has 132 valence electrons. The fourth-order valence-corrected chi connectivity index (χ4v) is 5.44. The fourth-order valence-electron chi connectivity index (χ4n) is 5.44. The fraction of sp³-hybridized carbons (Fsp3) is 0.391. The Morgan fingerprint density at radius 2 is 1.35 bits per heavy atom. The summed E-state index contributed by atoms with van der Waals surface area (Å²) in [6.45, 7) is 4.04. The SMILES string of the molecule is Cc1cc(-c2ccccc2)cc(C)c1C1C(=O)[C@@H]2C3CCC(O3)[C@@H]2C1=O. The number of aryl methyl sites for hydroxylation is 2. The summed E-state index contributed by atoms with van der Waals surface area (Å²) in [7, 11) is 0. The smallest absolute Gasteiger partial charge is 0.154 e. The summed E-state index contributed by atoms with van der Waals surface area (Å²) >= 11 is 0. The highest BCUT2D eigenvalue weighted by Crippen LogP contribution is 2.53. The Morgan fingerprint density at radius 3 is 1.88 bits per heavy atom. The van der Waals surface area contributed by atoms with Crippen molar-refractivity contribution in [2.45, 2.75) is 44.8 Å². The van der Waals surface area contributed by atoms with Crippen molar-refractivity contribution in [3.05, 3.63) is 59.2 Å². The molecule has 0 spiro atoms. The van der Waals surface area contributed by atoms with Crippen molar-refractivity contribution in [2.75, 3.05) is 0 Å². The molecule has 3 heteroatoms. The predicted molar refractivity (Wildman–Crippen MR) is 99.0 cm³/mol. The molecule has 3 nitrogen and oxygen atoms in total. The van der Waals surface area contributed by atoms with E-state index in [0.717, 1.165) is 40.7 Å². The van der Waals surface area contributed by atoms with Crippen molar-refractivity contribution in [3.8, 4) is 11.1 Å². The second kappa shape index (κ2) is 5.62. The van der Waals surface area contributed by atoms with Crippen LogP contribution >= 0.6 is 0 Å². The van der Waals surface area contributed by atoms with E-state index in [0.29, 0.717) is 0 Å². The summed E-state index contributed by atoms with van der Waals surface area (Å²) in [5.41, 5.74) is 5.27. The second-order valence-electron chi connectivity index (χ2n) is 7.97. The highest BCUT2D eigenvalue weighted by molar-refractivity contribution is 6.17. The van der Waals surface area contributed by atoms with E-state index in [2.05, 4.69) is 24.3 Å². The topological polar surface area (TPSA) is 43.4 Å². The van der Waals surface area contributed by atoms with Crippen LogP contribution in [-0.2, 0) is 14.3 Å². The maximum absolute atomic E-state index is 13.1. The van der Waals surface area contributed by atoms with E-state index in [1.54, 1.807) is 0 Å². The molecule has 2 heterocycles. The lowest BCUT2D eigenvalue weighted by molar-refractivity contribution is -0.127. The molecular weight excluding hydrogens is 324 g/mol. The van der Waals surface area contributed by atoms with Gasteiger partial charge in [0.15, 0.2) is 11.6 Å². The number of benzene rings is 2. The highest BCUT2D eigenvalue weighted by atomic mass is 16.5. The summed E-state index contributed by atoms with van der Waals surface area (Å²) in [5, 5.41) is 0. The Balaban J connectivity index is 1.57. The van der Waals surface area contributed by atoms with E-state index in [1.165, 1.54) is 0 Å². The van der Waals surface area contributed by atoms with E-state index in [-0.39, 0.29) is 35.6 Å². The van der Waals surface area contributed by atoms with Gasteiger partial charge in [0.25, 0.3) is 0 Å². The zero-order chi connectivity index (χ0) is 18.0. The Hall–Kier alpha value is -2.26. The third-order valence-electron chi connectivity index (χ3n) is 6.49. The average Bonchev–Trinajstić information content (AvgIpc) is 3.31. The molecule has 3 unspecified atom stereocenters. The first kappa shape index (κ1) is 16.0. The van der Waals surface area contributed by atoms with Gasteiger partial charge in [-0.05, 0) is 54.5 Å². The van der Waals surface area contributed by atoms with E-state index < -0.39 is 5.92 Å². The molecule has 0 amide bonds. The maximum Gasteiger partial charge on any atom is 0.154 e. The van der Waals surface area contributed by atoms with Crippen LogP contribution in [0.2, 0.25) is 0 Å². The minimum atomic E-state index is -0.596. The Kier molecular flexibility index (Phi) is 3.45. The Bertz CT molecular complexity index is 863. The van der Waals surface area contributed by atoms with Gasteiger partial charge in [0, 0.05) is 0 Å². The van der Waals surface area contributed by atoms with Crippen molar-refractivity contribution >= 4 is 11.6 Å². The van der Waals surface area contributed by atoms with Crippen LogP contribution < -0.4 is 0 Å². The minimum absolute atomic E-state index is 0.0318. The van der Waals surface area contributed by atoms with Crippen LogP contribution in [0.5, 0.6) is 0 Å². The number of carbonyl (C=O) groups excluding carboxylic acids is 2. The predicted octanol–water partition coefficient (Wildman–Crippen LogP) is 4.00. The zero-order valence-electron chi connectivity index (χ0n) is 15.1. The molecule has 2 aromatic carbocycles. The summed E-state index contributed by atoms with van der Waals surface area (Å²) < 4.78 is 5.86. The summed E-state index contributed by atoms with van der Waals surface area (Å²) in [4.78, 5) is 26.3. The monoisotopic (exact) mass is 346 g/mol. The number of hydrogen-bond donors (Lipinski definition) is 0. The van der Waals surface area contributed by atoms with Crippen molar-refractivity contribution in [1.29, 1.82) is 0 Å². The first-order valence-electron chi connectivity index (χ1n) is 9.45. The summed E-state index contributed by atoms with van der Waals surface area (Å²) in [6.07, 6.45) is 1.77. The molecule has 3 aliphatic rings. The van der Waals surface area contributed by atoms with Crippen LogP contribution in [0.25, 0.3) is 11.1 Å². The second-order valence-corrected chi connectivity index (χ2v) is 7.97. The summed E-state index contributed by atoms with van der Waals surface area (Å²) in [5.74, 6) is -0.837. The number of ketones is 2. The van der Waals surface area contributed by atoms with Gasteiger partial charge < -0.3 is 4.74 Å². The van der Waals surface area contributed by atoms with Crippen LogP contribution in [0.3, 0.4) is 0 Å². The molecule has 1 saturated carbocycles. The van der Waals surface area contributed by atoms with Crippen molar-refractivity contribution in [1.82, 2.24) is 0 Å². The lowest BCUT2D eigenvalue weighted by Crippen LogP contribution is -2.29. The Morgan fingerprint density at radius 1 is 0.808 bits per heavy atom. The minimum Gasteiger partial charge on any atom is -0.373 e. The molecule has 0 aromatic heterocycles. The number of fused-ring (bicyclic) bond motifs is 5. The molecule has 0 N–H and O–H groups in total. The quantitative estimate of drug-likeness (QED) is 0.772. The molecule has 5 rings (SSSR count). The van der Waals surface area contributed by atoms with Gasteiger partial charge >= 0.3 is 0 Å². The van der Waals surface area contributed by atoms with Crippen molar-refractivity contribution in [3.63, 3.8) is 0 Å². The van der Waals surface area contributed by atoms with Gasteiger partial charge in [-0.1, -0.05) is 42.5 Å². The molecular formula is C23H22O3. The number of carbonyl (C=O) groups is 2. The number of hydrogen-bond acceptors (Lipinski definition) is 3. The van der Waals surface area contributed by atoms with E-state index in [1.807, 2.05) is 32.0 Å². The summed E-state index contributed by atoms with van der Waals surface area (Å²) in [6, 6.07) is 14.4. The van der Waals surface area contributed by atoms with Gasteiger partial charge in [-0.25, -0.2) is 0 Å². The maximum atomic E-state index is 13.1. The molecule has 2 aliphatic heterocycles.